The maximum atomic E-state index is 13.0. The summed E-state index contributed by atoms with van der Waals surface area (Å²) >= 11 is 11.5. The molecule has 2 rings (SSSR count). The van der Waals surface area contributed by atoms with Crippen LogP contribution >= 0.6 is 23.2 Å². The van der Waals surface area contributed by atoms with Gasteiger partial charge in [-0.3, -0.25) is 4.79 Å². The van der Waals surface area contributed by atoms with E-state index in [1.54, 1.807) is 12.1 Å². The van der Waals surface area contributed by atoms with Crippen LogP contribution in [0.1, 0.15) is 0 Å². The van der Waals surface area contributed by atoms with Gasteiger partial charge in [0.2, 0.25) is 0 Å². The molecule has 0 saturated carbocycles. The lowest BCUT2D eigenvalue weighted by Crippen LogP contribution is -2.20. The van der Waals surface area contributed by atoms with Crippen molar-refractivity contribution in [3.05, 3.63) is 52.3 Å². The van der Waals surface area contributed by atoms with E-state index in [2.05, 4.69) is 5.32 Å². The van der Waals surface area contributed by atoms with E-state index in [4.69, 9.17) is 33.7 Å². The van der Waals surface area contributed by atoms with E-state index in [1.807, 2.05) is 0 Å². The molecule has 0 fully saturated rings. The van der Waals surface area contributed by atoms with Gasteiger partial charge < -0.3 is 15.8 Å². The van der Waals surface area contributed by atoms with Gasteiger partial charge in [0.05, 0.1) is 15.7 Å². The maximum absolute atomic E-state index is 13.0. The average molecular weight is 329 g/mol. The van der Waals surface area contributed by atoms with Gasteiger partial charge in [0.25, 0.3) is 5.91 Å². The first-order chi connectivity index (χ1) is 9.95. The number of halogens is 3. The molecule has 4 nitrogen and oxygen atoms in total. The largest absolute Gasteiger partial charge is 0.484 e. The van der Waals surface area contributed by atoms with Crippen LogP contribution < -0.4 is 15.8 Å². The van der Waals surface area contributed by atoms with Gasteiger partial charge in [0.1, 0.15) is 11.6 Å². The first-order valence-corrected chi connectivity index (χ1v) is 6.64. The Labute approximate surface area is 130 Å². The second kappa shape index (κ2) is 6.65. The fourth-order valence-corrected chi connectivity index (χ4v) is 1.88. The third kappa shape index (κ3) is 4.24. The molecule has 7 heteroatoms. The van der Waals surface area contributed by atoms with Crippen LogP contribution in [0.25, 0.3) is 0 Å². The quantitative estimate of drug-likeness (QED) is 0.840. The Hall–Kier alpha value is -1.98. The molecule has 2 aromatic carbocycles. The number of carbonyl (C=O) groups is 1. The van der Waals surface area contributed by atoms with Crippen LogP contribution in [0.5, 0.6) is 5.75 Å². The molecule has 0 bridgehead atoms. The molecule has 0 aliphatic heterocycles. The van der Waals surface area contributed by atoms with Crippen molar-refractivity contribution < 1.29 is 13.9 Å². The van der Waals surface area contributed by atoms with Crippen molar-refractivity contribution in [3.8, 4) is 5.75 Å². The smallest absolute Gasteiger partial charge is 0.262 e. The Morgan fingerprint density at radius 3 is 2.67 bits per heavy atom. The highest BCUT2D eigenvalue weighted by Crippen LogP contribution is 2.24. The summed E-state index contributed by atoms with van der Waals surface area (Å²) in [6, 6.07) is 8.56. The lowest BCUT2D eigenvalue weighted by Gasteiger charge is -2.09. The third-order valence-corrected chi connectivity index (χ3v) is 3.14. The molecule has 0 heterocycles. The summed E-state index contributed by atoms with van der Waals surface area (Å²) in [5.74, 6) is -0.696. The minimum atomic E-state index is -0.556. The number of nitrogen functional groups attached to an aromatic ring is 1. The van der Waals surface area contributed by atoms with Gasteiger partial charge in [-0.25, -0.2) is 4.39 Å². The fourth-order valence-electron chi connectivity index (χ4n) is 1.54. The topological polar surface area (TPSA) is 64.3 Å². The summed E-state index contributed by atoms with van der Waals surface area (Å²) in [4.78, 5) is 11.8. The highest BCUT2D eigenvalue weighted by molar-refractivity contribution is 6.33. The number of ether oxygens (including phenoxy) is 1. The minimum Gasteiger partial charge on any atom is -0.484 e. The highest BCUT2D eigenvalue weighted by atomic mass is 35.5. The molecular formula is C14H11Cl2FN2O2. The van der Waals surface area contributed by atoms with Crippen molar-refractivity contribution in [1.29, 1.82) is 0 Å². The van der Waals surface area contributed by atoms with Crippen molar-refractivity contribution in [1.82, 2.24) is 0 Å². The average Bonchev–Trinajstić information content (AvgIpc) is 2.44. The standard InChI is InChI=1S/C14H11Cl2FN2O2/c15-10-3-1-8(18)5-13(10)19-14(20)7-21-9-2-4-12(17)11(16)6-9/h1-6H,7,18H2,(H,19,20). The van der Waals surface area contributed by atoms with E-state index in [-0.39, 0.29) is 17.4 Å². The molecule has 0 aromatic heterocycles. The predicted octanol–water partition coefficient (Wildman–Crippen LogP) is 3.73. The number of rotatable bonds is 4. The SMILES string of the molecule is Nc1ccc(Cl)c(NC(=O)COc2ccc(F)c(Cl)c2)c1. The van der Waals surface area contributed by atoms with E-state index in [9.17, 15) is 9.18 Å². The molecule has 0 aliphatic carbocycles. The van der Waals surface area contributed by atoms with E-state index in [0.717, 1.165) is 6.07 Å². The van der Waals surface area contributed by atoms with Gasteiger partial charge in [0, 0.05) is 11.8 Å². The van der Waals surface area contributed by atoms with Crippen LogP contribution in [0, 0.1) is 5.82 Å². The Kier molecular flexibility index (Phi) is 4.88. The monoisotopic (exact) mass is 328 g/mol. The summed E-state index contributed by atoms with van der Waals surface area (Å²) in [6.45, 7) is -0.271. The van der Waals surface area contributed by atoms with E-state index in [1.165, 1.54) is 18.2 Å². The van der Waals surface area contributed by atoms with Crippen molar-refractivity contribution in [3.63, 3.8) is 0 Å². The summed E-state index contributed by atoms with van der Waals surface area (Å²) < 4.78 is 18.2. The zero-order valence-electron chi connectivity index (χ0n) is 10.7. The van der Waals surface area contributed by atoms with Crippen molar-refractivity contribution in [2.75, 3.05) is 17.7 Å². The molecule has 3 N–H and O–H groups in total. The Bertz CT molecular complexity index is 680. The van der Waals surface area contributed by atoms with Gasteiger partial charge in [-0.1, -0.05) is 23.2 Å². The van der Waals surface area contributed by atoms with Crippen LogP contribution in [-0.4, -0.2) is 12.5 Å². The van der Waals surface area contributed by atoms with Crippen LogP contribution in [0.15, 0.2) is 36.4 Å². The molecule has 0 atom stereocenters. The molecule has 2 aromatic rings. The lowest BCUT2D eigenvalue weighted by atomic mass is 10.3. The third-order valence-electron chi connectivity index (χ3n) is 2.53. The van der Waals surface area contributed by atoms with Gasteiger partial charge in [-0.2, -0.15) is 0 Å². The zero-order chi connectivity index (χ0) is 15.4. The van der Waals surface area contributed by atoms with Crippen LogP contribution in [-0.2, 0) is 4.79 Å². The molecule has 0 aliphatic rings. The number of anilines is 2. The Morgan fingerprint density at radius 1 is 1.19 bits per heavy atom. The first-order valence-electron chi connectivity index (χ1n) is 5.88. The summed E-state index contributed by atoms with van der Waals surface area (Å²) in [6.07, 6.45) is 0. The number of amides is 1. The molecule has 0 spiro atoms. The van der Waals surface area contributed by atoms with Crippen molar-refractivity contribution in [2.45, 2.75) is 0 Å². The zero-order valence-corrected chi connectivity index (χ0v) is 12.2. The molecule has 0 unspecified atom stereocenters. The van der Waals surface area contributed by atoms with Gasteiger partial charge in [-0.05, 0) is 30.3 Å². The van der Waals surface area contributed by atoms with E-state index >= 15 is 0 Å². The second-order valence-electron chi connectivity index (χ2n) is 4.15. The lowest BCUT2D eigenvalue weighted by molar-refractivity contribution is -0.118. The summed E-state index contributed by atoms with van der Waals surface area (Å²) in [5.41, 5.74) is 6.47. The second-order valence-corrected chi connectivity index (χ2v) is 4.97. The van der Waals surface area contributed by atoms with Gasteiger partial charge >= 0.3 is 0 Å². The molecule has 0 radical (unpaired) electrons. The van der Waals surface area contributed by atoms with Crippen LogP contribution in [0.4, 0.5) is 15.8 Å². The number of carbonyl (C=O) groups excluding carboxylic acids is 1. The maximum Gasteiger partial charge on any atom is 0.262 e. The van der Waals surface area contributed by atoms with Crippen molar-refractivity contribution in [2.24, 2.45) is 0 Å². The van der Waals surface area contributed by atoms with Gasteiger partial charge in [-0.15, -0.1) is 0 Å². The van der Waals surface area contributed by atoms with Crippen molar-refractivity contribution >= 4 is 40.5 Å². The van der Waals surface area contributed by atoms with E-state index < -0.39 is 11.7 Å². The van der Waals surface area contributed by atoms with Crippen LogP contribution in [0.3, 0.4) is 0 Å². The number of hydrogen-bond donors (Lipinski definition) is 2. The molecule has 1 amide bonds. The Balaban J connectivity index is 1.95. The predicted molar refractivity (Wildman–Crippen MR) is 81.4 cm³/mol. The summed E-state index contributed by atoms with van der Waals surface area (Å²) in [5, 5.41) is 2.85. The Morgan fingerprint density at radius 2 is 1.95 bits per heavy atom. The minimum absolute atomic E-state index is 0.0771. The number of nitrogens with one attached hydrogen (secondary N) is 1. The molecule has 21 heavy (non-hydrogen) atoms. The van der Waals surface area contributed by atoms with Crippen LogP contribution in [0.2, 0.25) is 10.0 Å². The number of hydrogen-bond acceptors (Lipinski definition) is 3. The fraction of sp³-hybridized carbons (Fsp3) is 0.0714. The number of nitrogens with two attached hydrogens (primary N) is 1. The normalized spacial score (nSPS) is 10.2. The summed E-state index contributed by atoms with van der Waals surface area (Å²) in [7, 11) is 0. The van der Waals surface area contributed by atoms with Gasteiger partial charge in [0.15, 0.2) is 6.61 Å². The number of benzene rings is 2. The van der Waals surface area contributed by atoms with E-state index in [0.29, 0.717) is 16.4 Å². The highest BCUT2D eigenvalue weighted by Gasteiger charge is 2.08. The molecule has 0 saturated heterocycles. The molecular weight excluding hydrogens is 318 g/mol. The first kappa shape index (κ1) is 15.4. The molecule has 110 valence electrons.